The predicted octanol–water partition coefficient (Wildman–Crippen LogP) is 3.81. The molecule has 2 nitrogen and oxygen atoms in total. The van der Waals surface area contributed by atoms with Crippen LogP contribution >= 0.6 is 23.4 Å². The number of rotatable bonds is 7. The number of anilines is 1. The fourth-order valence-electron chi connectivity index (χ4n) is 2.13. The Morgan fingerprint density at radius 3 is 2.63 bits per heavy atom. The van der Waals surface area contributed by atoms with Gasteiger partial charge in [-0.15, -0.1) is 0 Å². The van der Waals surface area contributed by atoms with Gasteiger partial charge in [0.15, 0.2) is 0 Å². The summed E-state index contributed by atoms with van der Waals surface area (Å²) in [5, 5.41) is 0.782. The molecule has 0 amide bonds. The molecule has 0 aliphatic carbocycles. The SMILES string of the molecule is CSCCC(C)N(C)c1ccc(Cl)cc1CC(C)N. The van der Waals surface area contributed by atoms with Crippen LogP contribution in [0, 0.1) is 0 Å². The first-order chi connectivity index (χ1) is 8.95. The molecule has 1 aromatic rings. The number of thioether (sulfide) groups is 1. The van der Waals surface area contributed by atoms with E-state index in [4.69, 9.17) is 17.3 Å². The van der Waals surface area contributed by atoms with Gasteiger partial charge in [-0.25, -0.2) is 0 Å². The summed E-state index contributed by atoms with van der Waals surface area (Å²) in [6, 6.07) is 6.76. The average Bonchev–Trinajstić information content (AvgIpc) is 2.34. The lowest BCUT2D eigenvalue weighted by atomic mass is 10.0. The van der Waals surface area contributed by atoms with E-state index in [0.717, 1.165) is 11.4 Å². The zero-order valence-electron chi connectivity index (χ0n) is 12.3. The average molecular weight is 301 g/mol. The van der Waals surface area contributed by atoms with E-state index in [-0.39, 0.29) is 6.04 Å². The van der Waals surface area contributed by atoms with Crippen LogP contribution in [0.5, 0.6) is 0 Å². The van der Waals surface area contributed by atoms with Crippen molar-refractivity contribution < 1.29 is 0 Å². The monoisotopic (exact) mass is 300 g/mol. The van der Waals surface area contributed by atoms with E-state index >= 15 is 0 Å². The minimum Gasteiger partial charge on any atom is -0.372 e. The maximum Gasteiger partial charge on any atom is 0.0410 e. The van der Waals surface area contributed by atoms with E-state index in [1.165, 1.54) is 23.4 Å². The van der Waals surface area contributed by atoms with Crippen LogP contribution < -0.4 is 10.6 Å². The van der Waals surface area contributed by atoms with Crippen LogP contribution in [-0.4, -0.2) is 31.1 Å². The Kier molecular flexibility index (Phi) is 7.05. The second kappa shape index (κ2) is 8.03. The number of benzene rings is 1. The Labute approximate surface area is 126 Å². The molecule has 0 heterocycles. The number of halogens is 1. The number of hydrogen-bond acceptors (Lipinski definition) is 3. The van der Waals surface area contributed by atoms with Crippen LogP contribution in [0.25, 0.3) is 0 Å². The van der Waals surface area contributed by atoms with Gasteiger partial charge in [-0.3, -0.25) is 0 Å². The van der Waals surface area contributed by atoms with Crippen molar-refractivity contribution in [3.63, 3.8) is 0 Å². The summed E-state index contributed by atoms with van der Waals surface area (Å²) in [6.45, 7) is 4.29. The van der Waals surface area contributed by atoms with Gasteiger partial charge >= 0.3 is 0 Å². The van der Waals surface area contributed by atoms with Crippen molar-refractivity contribution in [2.24, 2.45) is 5.73 Å². The van der Waals surface area contributed by atoms with Crippen molar-refractivity contribution in [3.8, 4) is 0 Å². The lowest BCUT2D eigenvalue weighted by Crippen LogP contribution is -2.31. The lowest BCUT2D eigenvalue weighted by molar-refractivity contribution is 0.661. The van der Waals surface area contributed by atoms with Gasteiger partial charge in [0.05, 0.1) is 0 Å². The fraction of sp³-hybridized carbons (Fsp3) is 0.600. The van der Waals surface area contributed by atoms with Crippen LogP contribution in [0.15, 0.2) is 18.2 Å². The van der Waals surface area contributed by atoms with Gasteiger partial charge in [-0.2, -0.15) is 11.8 Å². The molecule has 0 saturated carbocycles. The third kappa shape index (κ3) is 5.25. The number of nitrogens with two attached hydrogens (primary N) is 1. The highest BCUT2D eigenvalue weighted by Gasteiger charge is 2.14. The van der Waals surface area contributed by atoms with Gasteiger partial charge in [-0.05, 0) is 62.5 Å². The standard InChI is InChI=1S/C15H25ClN2S/c1-11(17)9-13-10-14(16)5-6-15(13)18(3)12(2)7-8-19-4/h5-6,10-12H,7-9,17H2,1-4H3. The quantitative estimate of drug-likeness (QED) is 0.830. The van der Waals surface area contributed by atoms with Gasteiger partial charge in [-0.1, -0.05) is 11.6 Å². The summed E-state index contributed by atoms with van der Waals surface area (Å²) >= 11 is 8.00. The molecule has 19 heavy (non-hydrogen) atoms. The van der Waals surface area contributed by atoms with Crippen molar-refractivity contribution in [1.82, 2.24) is 0 Å². The second-order valence-electron chi connectivity index (χ2n) is 5.20. The first kappa shape index (κ1) is 16.7. The molecule has 0 aliphatic rings. The molecule has 2 N–H and O–H groups in total. The number of hydrogen-bond donors (Lipinski definition) is 1. The molecule has 0 spiro atoms. The van der Waals surface area contributed by atoms with Crippen LogP contribution in [0.1, 0.15) is 25.8 Å². The summed E-state index contributed by atoms with van der Waals surface area (Å²) < 4.78 is 0. The summed E-state index contributed by atoms with van der Waals surface area (Å²) in [6.07, 6.45) is 4.18. The maximum atomic E-state index is 6.11. The van der Waals surface area contributed by atoms with Crippen LogP contribution in [0.2, 0.25) is 5.02 Å². The zero-order valence-corrected chi connectivity index (χ0v) is 13.9. The molecule has 0 radical (unpaired) electrons. The predicted molar refractivity (Wildman–Crippen MR) is 89.7 cm³/mol. The van der Waals surface area contributed by atoms with E-state index in [1.54, 1.807) is 0 Å². The highest BCUT2D eigenvalue weighted by Crippen LogP contribution is 2.27. The minimum atomic E-state index is 0.145. The van der Waals surface area contributed by atoms with Crippen LogP contribution in [0.3, 0.4) is 0 Å². The van der Waals surface area contributed by atoms with Crippen molar-refractivity contribution in [3.05, 3.63) is 28.8 Å². The summed E-state index contributed by atoms with van der Waals surface area (Å²) in [5.74, 6) is 1.18. The topological polar surface area (TPSA) is 29.3 Å². The molecule has 1 aromatic carbocycles. The molecule has 0 saturated heterocycles. The van der Waals surface area contributed by atoms with Crippen molar-refractivity contribution in [2.45, 2.75) is 38.8 Å². The van der Waals surface area contributed by atoms with Gasteiger partial charge in [0.2, 0.25) is 0 Å². The fourth-order valence-corrected chi connectivity index (χ4v) is 2.90. The third-order valence-corrected chi connectivity index (χ3v) is 4.24. The van der Waals surface area contributed by atoms with Gasteiger partial charge in [0.25, 0.3) is 0 Å². The summed E-state index contributed by atoms with van der Waals surface area (Å²) in [4.78, 5) is 2.34. The van der Waals surface area contributed by atoms with E-state index < -0.39 is 0 Å². The Morgan fingerprint density at radius 2 is 2.05 bits per heavy atom. The molecular weight excluding hydrogens is 276 g/mol. The molecule has 0 fully saturated rings. The Balaban J connectivity index is 2.91. The Hall–Kier alpha value is -0.380. The Bertz CT molecular complexity index is 396. The van der Waals surface area contributed by atoms with E-state index in [0.29, 0.717) is 6.04 Å². The smallest absolute Gasteiger partial charge is 0.0410 e. The van der Waals surface area contributed by atoms with E-state index in [9.17, 15) is 0 Å². The number of nitrogens with zero attached hydrogens (tertiary/aromatic N) is 1. The third-order valence-electron chi connectivity index (χ3n) is 3.36. The molecule has 2 atom stereocenters. The molecule has 1 rings (SSSR count). The lowest BCUT2D eigenvalue weighted by Gasteiger charge is -2.29. The Morgan fingerprint density at radius 1 is 1.37 bits per heavy atom. The normalized spacial score (nSPS) is 14.2. The molecule has 0 aliphatic heterocycles. The first-order valence-corrected chi connectivity index (χ1v) is 8.48. The highest BCUT2D eigenvalue weighted by atomic mass is 35.5. The molecule has 2 unspecified atom stereocenters. The molecule has 0 aromatic heterocycles. The highest BCUT2D eigenvalue weighted by molar-refractivity contribution is 7.98. The van der Waals surface area contributed by atoms with Crippen LogP contribution in [-0.2, 0) is 6.42 Å². The minimum absolute atomic E-state index is 0.145. The summed E-state index contributed by atoms with van der Waals surface area (Å²) in [5.41, 5.74) is 8.42. The largest absolute Gasteiger partial charge is 0.372 e. The molecule has 4 heteroatoms. The van der Waals surface area contributed by atoms with Crippen molar-refractivity contribution >= 4 is 29.1 Å². The van der Waals surface area contributed by atoms with Gasteiger partial charge < -0.3 is 10.6 Å². The first-order valence-electron chi connectivity index (χ1n) is 6.71. The van der Waals surface area contributed by atoms with Crippen molar-refractivity contribution in [1.29, 1.82) is 0 Å². The molecule has 108 valence electrons. The van der Waals surface area contributed by atoms with E-state index in [2.05, 4.69) is 31.2 Å². The second-order valence-corrected chi connectivity index (χ2v) is 6.62. The van der Waals surface area contributed by atoms with E-state index in [1.807, 2.05) is 30.8 Å². The van der Waals surface area contributed by atoms with Gasteiger partial charge in [0, 0.05) is 29.8 Å². The van der Waals surface area contributed by atoms with Gasteiger partial charge in [0.1, 0.15) is 0 Å². The van der Waals surface area contributed by atoms with Crippen LogP contribution in [0.4, 0.5) is 5.69 Å². The molecular formula is C15H25ClN2S. The molecule has 0 bridgehead atoms. The summed E-state index contributed by atoms with van der Waals surface area (Å²) in [7, 11) is 2.15. The van der Waals surface area contributed by atoms with Crippen molar-refractivity contribution in [2.75, 3.05) is 24.0 Å². The maximum absolute atomic E-state index is 6.11. The zero-order chi connectivity index (χ0) is 14.4.